The standard InChI is InChI=1S/C12H10O4S/c1-16-10-4-7(2-3-9(10)13)8-5-11(12(14)15)17-6-8/h2-6,13H,1H3,(H,14,15). The number of benzene rings is 1. The van der Waals surface area contributed by atoms with E-state index in [-0.39, 0.29) is 10.6 Å². The first-order valence-corrected chi connectivity index (χ1v) is 5.69. The van der Waals surface area contributed by atoms with Crippen LogP contribution in [-0.4, -0.2) is 23.3 Å². The zero-order valence-electron chi connectivity index (χ0n) is 9.01. The minimum absolute atomic E-state index is 0.0601. The van der Waals surface area contributed by atoms with Gasteiger partial charge in [0.05, 0.1) is 7.11 Å². The average molecular weight is 250 g/mol. The molecule has 2 rings (SSSR count). The summed E-state index contributed by atoms with van der Waals surface area (Å²) in [6.45, 7) is 0. The predicted octanol–water partition coefficient (Wildman–Crippen LogP) is 2.83. The van der Waals surface area contributed by atoms with Crippen LogP contribution in [0.25, 0.3) is 11.1 Å². The summed E-state index contributed by atoms with van der Waals surface area (Å²) in [5.74, 6) is -0.512. The molecule has 0 fully saturated rings. The quantitative estimate of drug-likeness (QED) is 0.879. The van der Waals surface area contributed by atoms with Crippen molar-refractivity contribution in [2.75, 3.05) is 7.11 Å². The summed E-state index contributed by atoms with van der Waals surface area (Å²) in [5.41, 5.74) is 1.61. The van der Waals surface area contributed by atoms with Gasteiger partial charge in [-0.15, -0.1) is 11.3 Å². The molecular formula is C12H10O4S. The van der Waals surface area contributed by atoms with Gasteiger partial charge >= 0.3 is 5.97 Å². The summed E-state index contributed by atoms with van der Waals surface area (Å²) < 4.78 is 5.00. The fourth-order valence-corrected chi connectivity index (χ4v) is 2.21. The molecule has 4 nitrogen and oxygen atoms in total. The van der Waals surface area contributed by atoms with Crippen molar-refractivity contribution in [3.8, 4) is 22.6 Å². The molecule has 0 aliphatic carbocycles. The van der Waals surface area contributed by atoms with Crippen molar-refractivity contribution in [3.63, 3.8) is 0 Å². The summed E-state index contributed by atoms with van der Waals surface area (Å²) in [7, 11) is 1.47. The number of aromatic carboxylic acids is 1. The number of phenolic OH excluding ortho intramolecular Hbond substituents is 1. The molecule has 88 valence electrons. The van der Waals surface area contributed by atoms with E-state index < -0.39 is 5.97 Å². The summed E-state index contributed by atoms with van der Waals surface area (Å²) in [6, 6.07) is 6.50. The van der Waals surface area contributed by atoms with Crippen molar-refractivity contribution in [2.45, 2.75) is 0 Å². The number of hydrogen-bond acceptors (Lipinski definition) is 4. The van der Waals surface area contributed by atoms with E-state index in [0.29, 0.717) is 5.75 Å². The van der Waals surface area contributed by atoms with Gasteiger partial charge in [-0.2, -0.15) is 0 Å². The van der Waals surface area contributed by atoms with Crippen LogP contribution in [0.3, 0.4) is 0 Å². The Hall–Kier alpha value is -2.01. The van der Waals surface area contributed by atoms with Crippen molar-refractivity contribution in [2.24, 2.45) is 0 Å². The Kier molecular flexibility index (Phi) is 3.01. The monoisotopic (exact) mass is 250 g/mol. The zero-order valence-corrected chi connectivity index (χ0v) is 9.82. The van der Waals surface area contributed by atoms with Gasteiger partial charge in [0.15, 0.2) is 11.5 Å². The first-order valence-electron chi connectivity index (χ1n) is 4.81. The molecule has 5 heteroatoms. The molecular weight excluding hydrogens is 240 g/mol. The average Bonchev–Trinajstić information content (AvgIpc) is 2.79. The van der Waals surface area contributed by atoms with E-state index in [1.165, 1.54) is 24.5 Å². The molecule has 1 aromatic heterocycles. The van der Waals surface area contributed by atoms with Gasteiger partial charge in [0.1, 0.15) is 4.88 Å². The van der Waals surface area contributed by atoms with Gasteiger partial charge in [0.2, 0.25) is 0 Å². The molecule has 0 aliphatic rings. The summed E-state index contributed by atoms with van der Waals surface area (Å²) in [5, 5.41) is 20.1. The summed E-state index contributed by atoms with van der Waals surface area (Å²) >= 11 is 1.17. The minimum atomic E-state index is -0.938. The highest BCUT2D eigenvalue weighted by molar-refractivity contribution is 7.12. The van der Waals surface area contributed by atoms with Crippen LogP contribution in [0.5, 0.6) is 11.5 Å². The second-order valence-corrected chi connectivity index (χ2v) is 4.30. The number of hydrogen-bond donors (Lipinski definition) is 2. The van der Waals surface area contributed by atoms with Crippen LogP contribution >= 0.6 is 11.3 Å². The Balaban J connectivity index is 2.42. The highest BCUT2D eigenvalue weighted by Gasteiger charge is 2.10. The highest BCUT2D eigenvalue weighted by Crippen LogP contribution is 2.33. The van der Waals surface area contributed by atoms with E-state index in [0.717, 1.165) is 11.1 Å². The van der Waals surface area contributed by atoms with Gasteiger partial charge in [-0.3, -0.25) is 0 Å². The molecule has 0 saturated carbocycles. The van der Waals surface area contributed by atoms with Crippen molar-refractivity contribution in [1.29, 1.82) is 0 Å². The lowest BCUT2D eigenvalue weighted by atomic mass is 10.1. The number of ether oxygens (including phenoxy) is 1. The summed E-state index contributed by atoms with van der Waals surface area (Å²) in [6.07, 6.45) is 0. The second kappa shape index (κ2) is 4.47. The number of thiophene rings is 1. The minimum Gasteiger partial charge on any atom is -0.504 e. The number of carboxylic acids is 1. The molecule has 1 heterocycles. The number of aromatic hydroxyl groups is 1. The number of carboxylic acid groups (broad SMARTS) is 1. The van der Waals surface area contributed by atoms with Gasteiger partial charge in [0, 0.05) is 0 Å². The second-order valence-electron chi connectivity index (χ2n) is 3.39. The Labute approximate surface area is 102 Å². The van der Waals surface area contributed by atoms with Crippen LogP contribution in [0, 0.1) is 0 Å². The molecule has 0 spiro atoms. The highest BCUT2D eigenvalue weighted by atomic mass is 32.1. The predicted molar refractivity (Wildman–Crippen MR) is 64.9 cm³/mol. The van der Waals surface area contributed by atoms with E-state index >= 15 is 0 Å². The third kappa shape index (κ3) is 2.24. The fraction of sp³-hybridized carbons (Fsp3) is 0.0833. The molecule has 0 bridgehead atoms. The molecule has 2 aromatic rings. The lowest BCUT2D eigenvalue weighted by Gasteiger charge is -2.05. The van der Waals surface area contributed by atoms with Gasteiger partial charge in [-0.05, 0) is 34.7 Å². The van der Waals surface area contributed by atoms with Crippen molar-refractivity contribution < 1.29 is 19.7 Å². The van der Waals surface area contributed by atoms with E-state index in [1.807, 2.05) is 0 Å². The SMILES string of the molecule is COc1cc(-c2csc(C(=O)O)c2)ccc1O. The van der Waals surface area contributed by atoms with Crippen LogP contribution in [0.2, 0.25) is 0 Å². The molecule has 17 heavy (non-hydrogen) atoms. The third-order valence-corrected chi connectivity index (χ3v) is 3.24. The molecule has 0 unspecified atom stereocenters. The Bertz CT molecular complexity index is 559. The molecule has 2 N–H and O–H groups in total. The smallest absolute Gasteiger partial charge is 0.345 e. The fourth-order valence-electron chi connectivity index (χ4n) is 1.46. The van der Waals surface area contributed by atoms with Crippen LogP contribution in [-0.2, 0) is 0 Å². The molecule has 0 amide bonds. The molecule has 0 radical (unpaired) electrons. The Morgan fingerprint density at radius 1 is 1.29 bits per heavy atom. The number of carbonyl (C=O) groups is 1. The lowest BCUT2D eigenvalue weighted by Crippen LogP contribution is -1.90. The van der Waals surface area contributed by atoms with Crippen LogP contribution in [0.4, 0.5) is 0 Å². The van der Waals surface area contributed by atoms with Crippen LogP contribution in [0.15, 0.2) is 29.6 Å². The Morgan fingerprint density at radius 2 is 2.06 bits per heavy atom. The van der Waals surface area contributed by atoms with E-state index in [1.54, 1.807) is 23.6 Å². The van der Waals surface area contributed by atoms with Gasteiger partial charge in [-0.25, -0.2) is 4.79 Å². The van der Waals surface area contributed by atoms with Crippen LogP contribution in [0.1, 0.15) is 9.67 Å². The van der Waals surface area contributed by atoms with Crippen molar-refractivity contribution in [1.82, 2.24) is 0 Å². The number of phenols is 1. The molecule has 0 atom stereocenters. The first kappa shape index (κ1) is 11.5. The number of methoxy groups -OCH3 is 1. The maximum atomic E-state index is 10.8. The Morgan fingerprint density at radius 3 is 2.65 bits per heavy atom. The topological polar surface area (TPSA) is 66.8 Å². The van der Waals surface area contributed by atoms with E-state index in [9.17, 15) is 9.90 Å². The first-order chi connectivity index (χ1) is 8.11. The van der Waals surface area contributed by atoms with E-state index in [4.69, 9.17) is 9.84 Å². The maximum absolute atomic E-state index is 10.8. The molecule has 0 aliphatic heterocycles. The largest absolute Gasteiger partial charge is 0.504 e. The molecule has 0 saturated heterocycles. The summed E-state index contributed by atoms with van der Waals surface area (Å²) in [4.78, 5) is 11.1. The van der Waals surface area contributed by atoms with Crippen molar-refractivity contribution in [3.05, 3.63) is 34.5 Å². The third-order valence-electron chi connectivity index (χ3n) is 2.32. The number of rotatable bonds is 3. The maximum Gasteiger partial charge on any atom is 0.345 e. The van der Waals surface area contributed by atoms with Gasteiger partial charge < -0.3 is 14.9 Å². The van der Waals surface area contributed by atoms with Gasteiger partial charge in [-0.1, -0.05) is 6.07 Å². The van der Waals surface area contributed by atoms with Gasteiger partial charge in [0.25, 0.3) is 0 Å². The van der Waals surface area contributed by atoms with Crippen LogP contribution < -0.4 is 4.74 Å². The lowest BCUT2D eigenvalue weighted by molar-refractivity contribution is 0.0702. The van der Waals surface area contributed by atoms with Crippen molar-refractivity contribution >= 4 is 17.3 Å². The zero-order chi connectivity index (χ0) is 12.4. The molecule has 1 aromatic carbocycles. The van der Waals surface area contributed by atoms with E-state index in [2.05, 4.69) is 0 Å². The normalized spacial score (nSPS) is 10.2.